The van der Waals surface area contributed by atoms with Gasteiger partial charge in [-0.15, -0.1) is 0 Å². The first kappa shape index (κ1) is 13.5. The average Bonchev–Trinajstić information content (AvgIpc) is 2.60. The minimum absolute atomic E-state index is 0.212. The van der Waals surface area contributed by atoms with Gasteiger partial charge in [0.1, 0.15) is 5.82 Å². The minimum atomic E-state index is 0.212. The van der Waals surface area contributed by atoms with Crippen LogP contribution in [0.1, 0.15) is 0 Å². The SMILES string of the molecule is CNc1nc(N)nc2nc(-c3cccc4ccccc34)ccc12. The van der Waals surface area contributed by atoms with Gasteiger partial charge in [0, 0.05) is 12.6 Å². The Balaban J connectivity index is 1.98. The maximum atomic E-state index is 5.78. The molecule has 0 bridgehead atoms. The third-order valence-corrected chi connectivity index (χ3v) is 3.88. The summed E-state index contributed by atoms with van der Waals surface area (Å²) in [5, 5.41) is 6.23. The van der Waals surface area contributed by atoms with Crippen LogP contribution in [0.4, 0.5) is 11.8 Å². The maximum absolute atomic E-state index is 5.78. The first-order chi connectivity index (χ1) is 11.3. The fraction of sp³-hybridized carbons (Fsp3) is 0.0556. The first-order valence-corrected chi connectivity index (χ1v) is 7.36. The van der Waals surface area contributed by atoms with Crippen LogP contribution in [-0.4, -0.2) is 22.0 Å². The lowest BCUT2D eigenvalue weighted by Gasteiger charge is -2.09. The molecule has 4 aromatic rings. The Morgan fingerprint density at radius 3 is 2.52 bits per heavy atom. The summed E-state index contributed by atoms with van der Waals surface area (Å²) in [5.41, 5.74) is 8.31. The largest absolute Gasteiger partial charge is 0.372 e. The number of benzene rings is 2. The number of nitrogens with two attached hydrogens (primary N) is 1. The van der Waals surface area contributed by atoms with Gasteiger partial charge in [0.05, 0.1) is 11.1 Å². The second-order valence-corrected chi connectivity index (χ2v) is 5.27. The molecule has 0 unspecified atom stereocenters. The van der Waals surface area contributed by atoms with Crippen molar-refractivity contribution in [2.75, 3.05) is 18.1 Å². The highest BCUT2D eigenvalue weighted by atomic mass is 15.1. The zero-order chi connectivity index (χ0) is 15.8. The van der Waals surface area contributed by atoms with Crippen LogP contribution in [0.25, 0.3) is 33.1 Å². The second kappa shape index (κ2) is 5.21. The normalized spacial score (nSPS) is 11.0. The number of anilines is 2. The van der Waals surface area contributed by atoms with Crippen molar-refractivity contribution in [2.24, 2.45) is 0 Å². The van der Waals surface area contributed by atoms with Crippen LogP contribution in [-0.2, 0) is 0 Å². The summed E-state index contributed by atoms with van der Waals surface area (Å²) < 4.78 is 0. The van der Waals surface area contributed by atoms with Crippen molar-refractivity contribution in [1.29, 1.82) is 0 Å². The van der Waals surface area contributed by atoms with E-state index in [1.165, 1.54) is 5.39 Å². The van der Waals surface area contributed by atoms with E-state index in [0.717, 1.165) is 22.0 Å². The van der Waals surface area contributed by atoms with Crippen molar-refractivity contribution >= 4 is 33.6 Å². The maximum Gasteiger partial charge on any atom is 0.224 e. The third kappa shape index (κ3) is 2.23. The van der Waals surface area contributed by atoms with Gasteiger partial charge in [-0.2, -0.15) is 9.97 Å². The van der Waals surface area contributed by atoms with Crippen molar-refractivity contribution in [2.45, 2.75) is 0 Å². The van der Waals surface area contributed by atoms with Crippen LogP contribution < -0.4 is 11.1 Å². The number of nitrogens with zero attached hydrogens (tertiary/aromatic N) is 3. The van der Waals surface area contributed by atoms with Crippen LogP contribution in [0.2, 0.25) is 0 Å². The number of pyridine rings is 1. The zero-order valence-corrected chi connectivity index (χ0v) is 12.6. The predicted molar refractivity (Wildman–Crippen MR) is 94.2 cm³/mol. The molecule has 0 aliphatic rings. The molecule has 2 aromatic heterocycles. The number of hydrogen-bond acceptors (Lipinski definition) is 5. The van der Waals surface area contributed by atoms with Crippen molar-refractivity contribution in [3.63, 3.8) is 0 Å². The molecule has 0 saturated carbocycles. The Morgan fingerprint density at radius 1 is 0.826 bits per heavy atom. The molecule has 2 aromatic carbocycles. The van der Waals surface area contributed by atoms with Crippen molar-refractivity contribution < 1.29 is 0 Å². The molecular formula is C18H15N5. The summed E-state index contributed by atoms with van der Waals surface area (Å²) in [6, 6.07) is 18.4. The molecule has 3 N–H and O–H groups in total. The van der Waals surface area contributed by atoms with Gasteiger partial charge in [0.15, 0.2) is 5.65 Å². The summed E-state index contributed by atoms with van der Waals surface area (Å²) in [5.74, 6) is 0.897. The fourth-order valence-electron chi connectivity index (χ4n) is 2.82. The standard InChI is InChI=1S/C18H15N5/c1-20-16-14-9-10-15(21-17(14)23-18(19)22-16)13-8-4-6-11-5-2-3-7-12(11)13/h2-10H,1H3,(H3,19,20,21,22,23). The van der Waals surface area contributed by atoms with Gasteiger partial charge in [0.2, 0.25) is 5.95 Å². The average molecular weight is 301 g/mol. The summed E-state index contributed by atoms with van der Waals surface area (Å²) in [6.45, 7) is 0. The monoisotopic (exact) mass is 301 g/mol. The molecule has 5 nitrogen and oxygen atoms in total. The van der Waals surface area contributed by atoms with Gasteiger partial charge in [-0.3, -0.25) is 0 Å². The fourth-order valence-corrected chi connectivity index (χ4v) is 2.82. The molecule has 2 heterocycles. The highest BCUT2D eigenvalue weighted by Gasteiger charge is 2.10. The van der Waals surface area contributed by atoms with Gasteiger partial charge in [-0.1, -0.05) is 42.5 Å². The molecule has 4 rings (SSSR count). The Labute approximate surface area is 133 Å². The van der Waals surface area contributed by atoms with Crippen molar-refractivity contribution in [1.82, 2.24) is 15.0 Å². The van der Waals surface area contributed by atoms with Crippen LogP contribution in [0, 0.1) is 0 Å². The summed E-state index contributed by atoms with van der Waals surface area (Å²) in [7, 11) is 1.81. The summed E-state index contributed by atoms with van der Waals surface area (Å²) in [4.78, 5) is 13.1. The van der Waals surface area contributed by atoms with Crippen LogP contribution in [0.3, 0.4) is 0 Å². The molecule has 0 aliphatic carbocycles. The lowest BCUT2D eigenvalue weighted by Crippen LogP contribution is -2.02. The van der Waals surface area contributed by atoms with Gasteiger partial charge < -0.3 is 11.1 Å². The van der Waals surface area contributed by atoms with E-state index < -0.39 is 0 Å². The lowest BCUT2D eigenvalue weighted by molar-refractivity contribution is 1.19. The van der Waals surface area contributed by atoms with E-state index >= 15 is 0 Å². The molecule has 0 aliphatic heterocycles. The summed E-state index contributed by atoms with van der Waals surface area (Å²) in [6.07, 6.45) is 0. The van der Waals surface area contributed by atoms with Crippen LogP contribution >= 0.6 is 0 Å². The number of hydrogen-bond donors (Lipinski definition) is 2. The van der Waals surface area contributed by atoms with Crippen molar-refractivity contribution in [3.8, 4) is 11.3 Å². The number of fused-ring (bicyclic) bond motifs is 2. The van der Waals surface area contributed by atoms with Crippen LogP contribution in [0.5, 0.6) is 0 Å². The molecular weight excluding hydrogens is 286 g/mol. The van der Waals surface area contributed by atoms with Gasteiger partial charge in [-0.05, 0) is 22.9 Å². The van der Waals surface area contributed by atoms with E-state index in [-0.39, 0.29) is 5.95 Å². The van der Waals surface area contributed by atoms with E-state index in [1.807, 2.05) is 30.3 Å². The molecule has 0 fully saturated rings. The van der Waals surface area contributed by atoms with Gasteiger partial charge in [-0.25, -0.2) is 4.98 Å². The van der Waals surface area contributed by atoms with Crippen LogP contribution in [0.15, 0.2) is 54.6 Å². The van der Waals surface area contributed by atoms with E-state index in [9.17, 15) is 0 Å². The number of nitrogens with one attached hydrogen (secondary N) is 1. The molecule has 0 atom stereocenters. The highest BCUT2D eigenvalue weighted by Crippen LogP contribution is 2.29. The Bertz CT molecular complexity index is 1020. The molecule has 23 heavy (non-hydrogen) atoms. The number of nitrogen functional groups attached to an aromatic ring is 1. The van der Waals surface area contributed by atoms with E-state index in [0.29, 0.717) is 11.5 Å². The highest BCUT2D eigenvalue weighted by molar-refractivity contribution is 5.97. The van der Waals surface area contributed by atoms with E-state index in [1.54, 1.807) is 7.05 Å². The molecule has 0 amide bonds. The van der Waals surface area contributed by atoms with Crippen molar-refractivity contribution in [3.05, 3.63) is 54.6 Å². The molecule has 0 spiro atoms. The second-order valence-electron chi connectivity index (χ2n) is 5.27. The minimum Gasteiger partial charge on any atom is -0.372 e. The number of rotatable bonds is 2. The molecule has 5 heteroatoms. The predicted octanol–water partition coefficient (Wildman–Crippen LogP) is 3.47. The lowest BCUT2D eigenvalue weighted by atomic mass is 10.0. The zero-order valence-electron chi connectivity index (χ0n) is 12.6. The third-order valence-electron chi connectivity index (χ3n) is 3.88. The number of aromatic nitrogens is 3. The van der Waals surface area contributed by atoms with Gasteiger partial charge >= 0.3 is 0 Å². The molecule has 0 saturated heterocycles. The molecule has 112 valence electrons. The topological polar surface area (TPSA) is 76.7 Å². The van der Waals surface area contributed by atoms with E-state index in [4.69, 9.17) is 10.7 Å². The Kier molecular flexibility index (Phi) is 3.05. The summed E-state index contributed by atoms with van der Waals surface area (Å²) >= 11 is 0. The quantitative estimate of drug-likeness (QED) is 0.593. The Hall–Kier alpha value is -3.21. The first-order valence-electron chi connectivity index (χ1n) is 7.36. The van der Waals surface area contributed by atoms with E-state index in [2.05, 4.69) is 39.6 Å². The Morgan fingerprint density at radius 2 is 1.65 bits per heavy atom. The molecule has 0 radical (unpaired) electrons. The van der Waals surface area contributed by atoms with Gasteiger partial charge in [0.25, 0.3) is 0 Å². The smallest absolute Gasteiger partial charge is 0.224 e.